The second kappa shape index (κ2) is 5.82. The smallest absolute Gasteiger partial charge is 0.454 e. The molecule has 4 nitrogen and oxygen atoms in total. The molecule has 2 aromatic carbocycles. The van der Waals surface area contributed by atoms with Gasteiger partial charge in [-0.3, -0.25) is 0 Å². The minimum absolute atomic E-state index is 0.105. The van der Waals surface area contributed by atoms with Gasteiger partial charge in [-0.25, -0.2) is 0 Å². The molecule has 0 spiro atoms. The summed E-state index contributed by atoms with van der Waals surface area (Å²) in [7, 11) is 0. The SMILES string of the molecule is N[C@H](c1ccc(OC(F)(F)F)cc1)c1cc2c(cc1Cl)OCO2. The van der Waals surface area contributed by atoms with E-state index in [9.17, 15) is 13.2 Å². The summed E-state index contributed by atoms with van der Waals surface area (Å²) >= 11 is 6.18. The van der Waals surface area contributed by atoms with Crippen molar-refractivity contribution in [3.8, 4) is 17.2 Å². The van der Waals surface area contributed by atoms with Crippen LogP contribution >= 0.6 is 11.6 Å². The molecule has 8 heteroatoms. The molecule has 1 atom stereocenters. The zero-order valence-corrected chi connectivity index (χ0v) is 12.3. The normalized spacial score (nSPS) is 14.7. The van der Waals surface area contributed by atoms with Crippen molar-refractivity contribution in [3.05, 3.63) is 52.5 Å². The Morgan fingerprint density at radius 1 is 1.09 bits per heavy atom. The van der Waals surface area contributed by atoms with E-state index in [2.05, 4.69) is 4.74 Å². The lowest BCUT2D eigenvalue weighted by atomic mass is 9.99. The topological polar surface area (TPSA) is 53.7 Å². The van der Waals surface area contributed by atoms with E-state index in [0.717, 1.165) is 0 Å². The average Bonchev–Trinajstić information content (AvgIpc) is 2.92. The number of rotatable bonds is 3. The van der Waals surface area contributed by atoms with E-state index in [1.165, 1.54) is 24.3 Å². The largest absolute Gasteiger partial charge is 0.573 e. The number of ether oxygens (including phenoxy) is 3. The highest BCUT2D eigenvalue weighted by Gasteiger charge is 2.31. The molecular weight excluding hydrogens is 335 g/mol. The van der Waals surface area contributed by atoms with Crippen molar-refractivity contribution in [2.75, 3.05) is 6.79 Å². The number of fused-ring (bicyclic) bond motifs is 1. The molecular formula is C15H11ClF3NO3. The van der Waals surface area contributed by atoms with E-state index in [0.29, 0.717) is 27.6 Å². The lowest BCUT2D eigenvalue weighted by molar-refractivity contribution is -0.274. The quantitative estimate of drug-likeness (QED) is 0.913. The van der Waals surface area contributed by atoms with Crippen LogP contribution in [0.3, 0.4) is 0 Å². The highest BCUT2D eigenvalue weighted by Crippen LogP contribution is 2.39. The third-order valence-corrected chi connectivity index (χ3v) is 3.63. The van der Waals surface area contributed by atoms with Gasteiger partial charge in [-0.1, -0.05) is 23.7 Å². The molecule has 1 aliphatic heterocycles. The zero-order valence-electron chi connectivity index (χ0n) is 11.6. The first kappa shape index (κ1) is 15.8. The van der Waals surface area contributed by atoms with Gasteiger partial charge in [0.15, 0.2) is 11.5 Å². The second-order valence-corrected chi connectivity index (χ2v) is 5.23. The first-order valence-electron chi connectivity index (χ1n) is 6.54. The number of benzene rings is 2. The van der Waals surface area contributed by atoms with Crippen molar-refractivity contribution in [1.29, 1.82) is 0 Å². The summed E-state index contributed by atoms with van der Waals surface area (Å²) in [5, 5.41) is 0.386. The zero-order chi connectivity index (χ0) is 16.6. The van der Waals surface area contributed by atoms with Gasteiger partial charge in [-0.15, -0.1) is 13.2 Å². The molecule has 2 N–H and O–H groups in total. The Morgan fingerprint density at radius 3 is 2.30 bits per heavy atom. The summed E-state index contributed by atoms with van der Waals surface area (Å²) in [5.41, 5.74) is 7.31. The highest BCUT2D eigenvalue weighted by atomic mass is 35.5. The second-order valence-electron chi connectivity index (χ2n) is 4.82. The van der Waals surface area contributed by atoms with Crippen molar-refractivity contribution in [3.63, 3.8) is 0 Å². The Labute approximate surface area is 134 Å². The molecule has 3 rings (SSSR count). The molecule has 0 fully saturated rings. The Bertz CT molecular complexity index is 719. The molecule has 1 aliphatic rings. The van der Waals surface area contributed by atoms with E-state index in [1.54, 1.807) is 12.1 Å². The van der Waals surface area contributed by atoms with Crippen molar-refractivity contribution < 1.29 is 27.4 Å². The van der Waals surface area contributed by atoms with Crippen molar-refractivity contribution in [1.82, 2.24) is 0 Å². The van der Waals surface area contributed by atoms with E-state index >= 15 is 0 Å². The summed E-state index contributed by atoms with van der Waals surface area (Å²) in [5.74, 6) is 0.738. The van der Waals surface area contributed by atoms with E-state index in [1.807, 2.05) is 0 Å². The maximum absolute atomic E-state index is 12.2. The minimum atomic E-state index is -4.73. The minimum Gasteiger partial charge on any atom is -0.454 e. The predicted octanol–water partition coefficient (Wildman–Crippen LogP) is 4.02. The molecule has 0 saturated carbocycles. The van der Waals surface area contributed by atoms with Crippen LogP contribution in [0, 0.1) is 0 Å². The molecule has 0 unspecified atom stereocenters. The fourth-order valence-electron chi connectivity index (χ4n) is 2.23. The van der Waals surface area contributed by atoms with Crippen LogP contribution in [0.5, 0.6) is 17.2 Å². The van der Waals surface area contributed by atoms with Crippen LogP contribution in [0.2, 0.25) is 5.02 Å². The number of alkyl halides is 3. The van der Waals surface area contributed by atoms with Crippen molar-refractivity contribution >= 4 is 11.6 Å². The summed E-state index contributed by atoms with van der Waals surface area (Å²) < 4.78 is 50.8. The van der Waals surface area contributed by atoms with Crippen LogP contribution in [-0.2, 0) is 0 Å². The predicted molar refractivity (Wildman–Crippen MR) is 76.7 cm³/mol. The van der Waals surface area contributed by atoms with Gasteiger partial charge in [-0.2, -0.15) is 0 Å². The van der Waals surface area contributed by atoms with Gasteiger partial charge in [0.05, 0.1) is 6.04 Å². The maximum Gasteiger partial charge on any atom is 0.573 e. The summed E-state index contributed by atoms with van der Waals surface area (Å²) in [6, 6.07) is 7.93. The molecule has 0 aromatic heterocycles. The number of nitrogens with two attached hydrogens (primary N) is 1. The lowest BCUT2D eigenvalue weighted by Gasteiger charge is -2.16. The first-order chi connectivity index (χ1) is 10.8. The Morgan fingerprint density at radius 2 is 1.70 bits per heavy atom. The Kier molecular flexibility index (Phi) is 3.99. The summed E-state index contributed by atoms with van der Waals surface area (Å²) in [6.45, 7) is 0.105. The third kappa shape index (κ3) is 3.46. The molecule has 0 aliphatic carbocycles. The van der Waals surface area contributed by atoms with E-state index < -0.39 is 12.4 Å². The first-order valence-corrected chi connectivity index (χ1v) is 6.91. The standard InChI is InChI=1S/C15H11ClF3NO3/c16-11-6-13-12(21-7-22-13)5-10(11)14(20)8-1-3-9(4-2-8)23-15(17,18)19/h1-6,14H,7,20H2/t14-/m1/s1. The molecule has 1 heterocycles. The van der Waals surface area contributed by atoms with Crippen molar-refractivity contribution in [2.45, 2.75) is 12.4 Å². The summed E-state index contributed by atoms with van der Waals surface area (Å²) in [4.78, 5) is 0. The van der Waals surface area contributed by atoms with Crippen LogP contribution in [0.25, 0.3) is 0 Å². The van der Waals surface area contributed by atoms with Gasteiger partial charge in [0.2, 0.25) is 6.79 Å². The molecule has 0 radical (unpaired) electrons. The van der Waals surface area contributed by atoms with Gasteiger partial charge in [0, 0.05) is 11.1 Å². The third-order valence-electron chi connectivity index (χ3n) is 3.30. The van der Waals surface area contributed by atoms with E-state index in [4.69, 9.17) is 26.8 Å². The van der Waals surface area contributed by atoms with Crippen LogP contribution in [0.1, 0.15) is 17.2 Å². The fraction of sp³-hybridized carbons (Fsp3) is 0.200. The fourth-order valence-corrected chi connectivity index (χ4v) is 2.50. The van der Waals surface area contributed by atoms with Gasteiger partial charge in [0.1, 0.15) is 5.75 Å². The average molecular weight is 346 g/mol. The number of halogens is 4. The number of hydrogen-bond donors (Lipinski definition) is 1. The van der Waals surface area contributed by atoms with Gasteiger partial charge in [0.25, 0.3) is 0 Å². The molecule has 0 amide bonds. The van der Waals surface area contributed by atoms with Crippen molar-refractivity contribution in [2.24, 2.45) is 5.73 Å². The Hall–Kier alpha value is -2.12. The van der Waals surface area contributed by atoms with Crippen LogP contribution < -0.4 is 19.9 Å². The van der Waals surface area contributed by atoms with Crippen LogP contribution in [-0.4, -0.2) is 13.2 Å². The Balaban J connectivity index is 1.84. The number of hydrogen-bond acceptors (Lipinski definition) is 4. The van der Waals surface area contributed by atoms with Crippen LogP contribution in [0.15, 0.2) is 36.4 Å². The monoisotopic (exact) mass is 345 g/mol. The molecule has 0 saturated heterocycles. The lowest BCUT2D eigenvalue weighted by Crippen LogP contribution is -2.17. The molecule has 2 aromatic rings. The summed E-state index contributed by atoms with van der Waals surface area (Å²) in [6.07, 6.45) is -4.73. The van der Waals surface area contributed by atoms with Crippen LogP contribution in [0.4, 0.5) is 13.2 Å². The van der Waals surface area contributed by atoms with E-state index in [-0.39, 0.29) is 12.5 Å². The highest BCUT2D eigenvalue weighted by molar-refractivity contribution is 6.31. The van der Waals surface area contributed by atoms with Gasteiger partial charge >= 0.3 is 6.36 Å². The molecule has 0 bridgehead atoms. The molecule has 23 heavy (non-hydrogen) atoms. The van der Waals surface area contributed by atoms with Gasteiger partial charge < -0.3 is 19.9 Å². The molecule has 122 valence electrons. The van der Waals surface area contributed by atoms with Gasteiger partial charge in [-0.05, 0) is 29.3 Å². The maximum atomic E-state index is 12.2.